The van der Waals surface area contributed by atoms with E-state index in [9.17, 15) is 10.1 Å². The van der Waals surface area contributed by atoms with Crippen LogP contribution in [0.3, 0.4) is 0 Å². The number of nitro benzene ring substituents is 1. The smallest absolute Gasteiger partial charge is 0.293 e. The number of fused-ring (bicyclic) bond motifs is 1. The number of halogens is 1. The fraction of sp³-hybridized carbons (Fsp3) is 0.222. The Morgan fingerprint density at radius 3 is 2.96 bits per heavy atom. The maximum atomic E-state index is 11.5. The van der Waals surface area contributed by atoms with Gasteiger partial charge in [0, 0.05) is 17.6 Å². The summed E-state index contributed by atoms with van der Waals surface area (Å²) in [6.07, 6.45) is 1.74. The molecule has 1 aliphatic rings. The first kappa shape index (κ1) is 16.4. The first-order valence-corrected chi connectivity index (χ1v) is 8.55. The maximum absolute atomic E-state index is 11.5. The van der Waals surface area contributed by atoms with E-state index in [2.05, 4.69) is 9.97 Å². The number of aromatic amines is 1. The fourth-order valence-corrected chi connectivity index (χ4v) is 3.65. The number of imidazole rings is 1. The van der Waals surface area contributed by atoms with Crippen LogP contribution in [0.5, 0.6) is 0 Å². The van der Waals surface area contributed by atoms with E-state index >= 15 is 0 Å². The molecule has 1 N–H and O–H groups in total. The van der Waals surface area contributed by atoms with Crippen LogP contribution in [-0.4, -0.2) is 21.4 Å². The highest BCUT2D eigenvalue weighted by atomic mass is 35.5. The summed E-state index contributed by atoms with van der Waals surface area (Å²) in [4.78, 5) is 21.0. The van der Waals surface area contributed by atoms with E-state index in [1.165, 1.54) is 6.07 Å². The third-order valence-corrected chi connectivity index (χ3v) is 4.88. The molecule has 0 amide bonds. The van der Waals surface area contributed by atoms with Crippen molar-refractivity contribution >= 4 is 34.0 Å². The zero-order valence-electron chi connectivity index (χ0n) is 13.6. The lowest BCUT2D eigenvalue weighted by Gasteiger charge is -2.25. The molecule has 2 aromatic carbocycles. The van der Waals surface area contributed by atoms with Crippen molar-refractivity contribution in [2.45, 2.75) is 18.9 Å². The largest absolute Gasteiger partial charge is 0.356 e. The molecule has 1 atom stereocenters. The summed E-state index contributed by atoms with van der Waals surface area (Å²) in [5.41, 5.74) is 2.37. The Balaban J connectivity index is 1.77. The van der Waals surface area contributed by atoms with E-state index < -0.39 is 4.92 Å². The molecule has 1 aliphatic heterocycles. The summed E-state index contributed by atoms with van der Waals surface area (Å²) in [7, 11) is 0. The van der Waals surface area contributed by atoms with Gasteiger partial charge in [-0.3, -0.25) is 10.1 Å². The Kier molecular flexibility index (Phi) is 3.98. The van der Waals surface area contributed by atoms with Gasteiger partial charge in [0.15, 0.2) is 0 Å². The topological polar surface area (TPSA) is 98.8 Å². The molecule has 0 radical (unpaired) electrons. The summed E-state index contributed by atoms with van der Waals surface area (Å²) in [6, 6.07) is 11.9. The molecule has 130 valence electrons. The fourth-order valence-electron chi connectivity index (χ4n) is 3.48. The number of nitriles is 1. The number of nitro groups is 1. The van der Waals surface area contributed by atoms with Crippen molar-refractivity contribution in [2.24, 2.45) is 0 Å². The van der Waals surface area contributed by atoms with Gasteiger partial charge in [-0.25, -0.2) is 4.98 Å². The van der Waals surface area contributed by atoms with Gasteiger partial charge in [-0.15, -0.1) is 0 Å². The summed E-state index contributed by atoms with van der Waals surface area (Å²) in [6.45, 7) is 0.690. The molecule has 1 fully saturated rings. The maximum Gasteiger partial charge on any atom is 0.293 e. The van der Waals surface area contributed by atoms with Gasteiger partial charge in [0.05, 0.1) is 33.6 Å². The molecule has 7 nitrogen and oxygen atoms in total. The highest BCUT2D eigenvalue weighted by Crippen LogP contribution is 2.40. The Morgan fingerprint density at radius 2 is 2.19 bits per heavy atom. The third kappa shape index (κ3) is 2.74. The van der Waals surface area contributed by atoms with Crippen LogP contribution in [0.1, 0.15) is 30.3 Å². The van der Waals surface area contributed by atoms with E-state index in [1.54, 1.807) is 18.2 Å². The summed E-state index contributed by atoms with van der Waals surface area (Å²) >= 11 is 6.04. The van der Waals surface area contributed by atoms with Gasteiger partial charge >= 0.3 is 0 Å². The zero-order valence-corrected chi connectivity index (χ0v) is 14.4. The van der Waals surface area contributed by atoms with E-state index in [1.807, 2.05) is 23.1 Å². The number of aromatic nitrogens is 2. The highest BCUT2D eigenvalue weighted by Gasteiger charge is 2.32. The molecule has 8 heteroatoms. The van der Waals surface area contributed by atoms with E-state index in [0.29, 0.717) is 17.3 Å². The lowest BCUT2D eigenvalue weighted by Crippen LogP contribution is -2.24. The predicted octanol–water partition coefficient (Wildman–Crippen LogP) is 4.34. The van der Waals surface area contributed by atoms with Crippen LogP contribution in [0.15, 0.2) is 36.4 Å². The number of nitrogens with one attached hydrogen (secondary N) is 1. The number of hydrogen-bond donors (Lipinski definition) is 1. The minimum Gasteiger partial charge on any atom is -0.356 e. The van der Waals surface area contributed by atoms with Crippen LogP contribution in [0.4, 0.5) is 11.4 Å². The molecule has 0 aliphatic carbocycles. The van der Waals surface area contributed by atoms with Gasteiger partial charge < -0.3 is 9.88 Å². The van der Waals surface area contributed by atoms with E-state index in [0.717, 1.165) is 29.7 Å². The van der Waals surface area contributed by atoms with Crippen LogP contribution in [-0.2, 0) is 0 Å². The molecule has 1 unspecified atom stereocenters. The number of nitrogens with zero attached hydrogens (tertiary/aromatic N) is 4. The SMILES string of the molecule is N#Cc1ccc(N2CCCC2c2nc3ccc(Cl)cc3[nH]2)c([N+](=O)[O-])c1. The lowest BCUT2D eigenvalue weighted by atomic mass is 10.1. The van der Waals surface area contributed by atoms with Crippen LogP contribution >= 0.6 is 11.6 Å². The number of rotatable bonds is 3. The van der Waals surface area contributed by atoms with E-state index in [4.69, 9.17) is 16.9 Å². The Morgan fingerprint density at radius 1 is 1.35 bits per heavy atom. The van der Waals surface area contributed by atoms with Crippen LogP contribution < -0.4 is 4.90 Å². The molecule has 0 saturated carbocycles. The Bertz CT molecular complexity index is 1060. The molecule has 26 heavy (non-hydrogen) atoms. The van der Waals surface area contributed by atoms with Crippen LogP contribution in [0.2, 0.25) is 5.02 Å². The normalized spacial score (nSPS) is 16.8. The average Bonchev–Trinajstić information content (AvgIpc) is 3.27. The first-order chi connectivity index (χ1) is 12.6. The third-order valence-electron chi connectivity index (χ3n) is 4.64. The molecule has 4 rings (SSSR count). The van der Waals surface area contributed by atoms with Crippen molar-refractivity contribution in [1.29, 1.82) is 5.26 Å². The van der Waals surface area contributed by atoms with Crippen molar-refractivity contribution in [3.05, 3.63) is 62.9 Å². The molecule has 1 aromatic heterocycles. The zero-order chi connectivity index (χ0) is 18.3. The standard InChI is InChI=1S/C18H14ClN5O2/c19-12-4-5-13-14(9-12)22-18(21-13)16-2-1-7-23(16)15-6-3-11(10-20)8-17(15)24(25)26/h3-6,8-9,16H,1-2,7H2,(H,21,22). The van der Waals surface area contributed by atoms with Crippen molar-refractivity contribution in [1.82, 2.24) is 9.97 Å². The number of benzene rings is 2. The Labute approximate surface area is 154 Å². The number of hydrogen-bond acceptors (Lipinski definition) is 5. The minimum atomic E-state index is -0.441. The molecule has 3 aromatic rings. The van der Waals surface area contributed by atoms with Crippen LogP contribution in [0.25, 0.3) is 11.0 Å². The van der Waals surface area contributed by atoms with Gasteiger partial charge in [-0.05, 0) is 43.2 Å². The molecule has 0 bridgehead atoms. The minimum absolute atomic E-state index is 0.0601. The summed E-state index contributed by atoms with van der Waals surface area (Å²) in [5, 5.41) is 21.1. The summed E-state index contributed by atoms with van der Waals surface area (Å²) < 4.78 is 0. The van der Waals surface area contributed by atoms with Gasteiger partial charge in [0.25, 0.3) is 5.69 Å². The highest BCUT2D eigenvalue weighted by molar-refractivity contribution is 6.31. The van der Waals surface area contributed by atoms with E-state index in [-0.39, 0.29) is 17.3 Å². The second kappa shape index (κ2) is 6.32. The molecule has 0 spiro atoms. The quantitative estimate of drug-likeness (QED) is 0.548. The summed E-state index contributed by atoms with van der Waals surface area (Å²) in [5.74, 6) is 0.762. The molecular weight excluding hydrogens is 354 g/mol. The monoisotopic (exact) mass is 367 g/mol. The Hall–Kier alpha value is -3.11. The molecule has 1 saturated heterocycles. The first-order valence-electron chi connectivity index (χ1n) is 8.17. The van der Waals surface area contributed by atoms with Gasteiger partial charge in [0.1, 0.15) is 11.5 Å². The van der Waals surface area contributed by atoms with Gasteiger partial charge in [-0.2, -0.15) is 5.26 Å². The van der Waals surface area contributed by atoms with Crippen molar-refractivity contribution < 1.29 is 4.92 Å². The van der Waals surface area contributed by atoms with Gasteiger partial charge in [0.2, 0.25) is 0 Å². The second-order valence-electron chi connectivity index (χ2n) is 6.21. The average molecular weight is 368 g/mol. The molecular formula is C18H14ClN5O2. The van der Waals surface area contributed by atoms with Crippen molar-refractivity contribution in [3.63, 3.8) is 0 Å². The number of H-pyrrole nitrogens is 1. The predicted molar refractivity (Wildman–Crippen MR) is 98.2 cm³/mol. The second-order valence-corrected chi connectivity index (χ2v) is 6.64. The molecule has 2 heterocycles. The van der Waals surface area contributed by atoms with Crippen LogP contribution in [0, 0.1) is 21.4 Å². The lowest BCUT2D eigenvalue weighted by molar-refractivity contribution is -0.384. The number of anilines is 1. The van der Waals surface area contributed by atoms with Crippen molar-refractivity contribution in [3.8, 4) is 6.07 Å². The van der Waals surface area contributed by atoms with Gasteiger partial charge in [-0.1, -0.05) is 11.6 Å². The van der Waals surface area contributed by atoms with Crippen molar-refractivity contribution in [2.75, 3.05) is 11.4 Å².